The molecule has 0 radical (unpaired) electrons. The number of aliphatic carboxylic acids is 1. The highest BCUT2D eigenvalue weighted by Gasteiger charge is 2.09. The normalized spacial score (nSPS) is 10.5. The van der Waals surface area contributed by atoms with Crippen LogP contribution >= 0.6 is 0 Å². The average Bonchev–Trinajstić information content (AvgIpc) is 2.15. The molecule has 0 aliphatic rings. The van der Waals surface area contributed by atoms with E-state index in [0.717, 1.165) is 16.9 Å². The molecule has 1 aromatic carbocycles. The van der Waals surface area contributed by atoms with Gasteiger partial charge < -0.3 is 9.84 Å². The van der Waals surface area contributed by atoms with E-state index in [0.29, 0.717) is 6.42 Å². The molecule has 0 fully saturated rings. The number of aryl methyl sites for hydroxylation is 1. The van der Waals surface area contributed by atoms with Crippen molar-refractivity contribution in [3.63, 3.8) is 0 Å². The number of carboxylic acid groups (broad SMARTS) is 1. The first-order valence-corrected chi connectivity index (χ1v) is 5.47. The molecule has 0 atom stereocenters. The predicted molar refractivity (Wildman–Crippen MR) is 62.9 cm³/mol. The van der Waals surface area contributed by atoms with E-state index in [1.165, 1.54) is 0 Å². The number of hydrogen-bond donors (Lipinski definition) is 1. The minimum absolute atomic E-state index is 0.102. The van der Waals surface area contributed by atoms with Crippen LogP contribution in [0.5, 0.6) is 5.75 Å². The van der Waals surface area contributed by atoms with Gasteiger partial charge >= 0.3 is 5.97 Å². The molecule has 0 saturated heterocycles. The van der Waals surface area contributed by atoms with Crippen molar-refractivity contribution in [1.82, 2.24) is 0 Å². The first-order chi connectivity index (χ1) is 7.50. The lowest BCUT2D eigenvalue weighted by Crippen LogP contribution is -2.09. The first-order valence-electron chi connectivity index (χ1n) is 5.47. The molecule has 0 spiro atoms. The second kappa shape index (κ2) is 5.54. The third kappa shape index (κ3) is 3.57. The molecule has 1 rings (SSSR count). The molecule has 0 aliphatic carbocycles. The van der Waals surface area contributed by atoms with Gasteiger partial charge in [0.15, 0.2) is 0 Å². The Balaban J connectivity index is 2.89. The van der Waals surface area contributed by atoms with E-state index < -0.39 is 5.97 Å². The van der Waals surface area contributed by atoms with Crippen molar-refractivity contribution in [1.29, 1.82) is 0 Å². The number of carboxylic acids is 1. The van der Waals surface area contributed by atoms with Gasteiger partial charge in [-0.15, -0.1) is 0 Å². The van der Waals surface area contributed by atoms with Gasteiger partial charge in [-0.3, -0.25) is 4.79 Å². The van der Waals surface area contributed by atoms with Gasteiger partial charge in [-0.05, 0) is 44.4 Å². The molecular weight excluding hydrogens is 204 g/mol. The SMILES string of the molecule is Cc1cccc(OC(C)C)c1CCC(=O)O. The van der Waals surface area contributed by atoms with E-state index in [1.807, 2.05) is 39.0 Å². The Morgan fingerprint density at radius 2 is 2.12 bits per heavy atom. The quantitative estimate of drug-likeness (QED) is 0.833. The summed E-state index contributed by atoms with van der Waals surface area (Å²) in [6.07, 6.45) is 0.758. The van der Waals surface area contributed by atoms with Crippen LogP contribution in [0.4, 0.5) is 0 Å². The Kier molecular flexibility index (Phi) is 4.35. The maximum absolute atomic E-state index is 10.6. The largest absolute Gasteiger partial charge is 0.491 e. The molecule has 1 N–H and O–H groups in total. The van der Waals surface area contributed by atoms with Crippen molar-refractivity contribution in [2.75, 3.05) is 0 Å². The lowest BCUT2D eigenvalue weighted by molar-refractivity contribution is -0.136. The van der Waals surface area contributed by atoms with Gasteiger partial charge in [0.2, 0.25) is 0 Å². The highest BCUT2D eigenvalue weighted by Crippen LogP contribution is 2.24. The Bertz CT molecular complexity index is 369. The number of hydrogen-bond acceptors (Lipinski definition) is 2. The lowest BCUT2D eigenvalue weighted by atomic mass is 10.0. The second-order valence-electron chi connectivity index (χ2n) is 4.11. The van der Waals surface area contributed by atoms with Crippen LogP contribution in [0, 0.1) is 6.92 Å². The highest BCUT2D eigenvalue weighted by atomic mass is 16.5. The van der Waals surface area contributed by atoms with Crippen molar-refractivity contribution < 1.29 is 14.6 Å². The number of carbonyl (C=O) groups is 1. The van der Waals surface area contributed by atoms with Crippen molar-refractivity contribution in [3.05, 3.63) is 29.3 Å². The van der Waals surface area contributed by atoms with Crippen LogP contribution in [0.25, 0.3) is 0 Å². The van der Waals surface area contributed by atoms with Gasteiger partial charge in [-0.25, -0.2) is 0 Å². The van der Waals surface area contributed by atoms with E-state index in [1.54, 1.807) is 0 Å². The monoisotopic (exact) mass is 222 g/mol. The maximum atomic E-state index is 10.6. The Hall–Kier alpha value is -1.51. The fourth-order valence-electron chi connectivity index (χ4n) is 1.59. The topological polar surface area (TPSA) is 46.5 Å². The summed E-state index contributed by atoms with van der Waals surface area (Å²) in [5.74, 6) is 0.0231. The Morgan fingerprint density at radius 1 is 1.44 bits per heavy atom. The van der Waals surface area contributed by atoms with Crippen molar-refractivity contribution >= 4 is 5.97 Å². The zero-order valence-corrected chi connectivity index (χ0v) is 9.99. The molecule has 3 nitrogen and oxygen atoms in total. The van der Waals surface area contributed by atoms with E-state index in [4.69, 9.17) is 9.84 Å². The summed E-state index contributed by atoms with van der Waals surface area (Å²) in [5, 5.41) is 8.70. The minimum Gasteiger partial charge on any atom is -0.491 e. The predicted octanol–water partition coefficient (Wildman–Crippen LogP) is 2.80. The molecule has 0 saturated carbocycles. The van der Waals surface area contributed by atoms with Gasteiger partial charge in [0.05, 0.1) is 6.10 Å². The smallest absolute Gasteiger partial charge is 0.303 e. The molecule has 0 heterocycles. The van der Waals surface area contributed by atoms with Crippen LogP contribution < -0.4 is 4.74 Å². The average molecular weight is 222 g/mol. The van der Waals surface area contributed by atoms with E-state index in [-0.39, 0.29) is 12.5 Å². The summed E-state index contributed by atoms with van der Waals surface area (Å²) in [6.45, 7) is 5.90. The second-order valence-corrected chi connectivity index (χ2v) is 4.11. The van der Waals surface area contributed by atoms with Crippen LogP contribution in [-0.4, -0.2) is 17.2 Å². The van der Waals surface area contributed by atoms with E-state index in [2.05, 4.69) is 0 Å². The molecule has 0 aromatic heterocycles. The van der Waals surface area contributed by atoms with Gasteiger partial charge in [0.1, 0.15) is 5.75 Å². The van der Waals surface area contributed by atoms with Crippen LogP contribution in [-0.2, 0) is 11.2 Å². The molecule has 0 unspecified atom stereocenters. The summed E-state index contributed by atoms with van der Waals surface area (Å²) < 4.78 is 5.67. The summed E-state index contributed by atoms with van der Waals surface area (Å²) in [7, 11) is 0. The van der Waals surface area contributed by atoms with Crippen LogP contribution in [0.15, 0.2) is 18.2 Å². The van der Waals surface area contributed by atoms with E-state index in [9.17, 15) is 4.79 Å². The van der Waals surface area contributed by atoms with Crippen molar-refractivity contribution in [2.45, 2.75) is 39.7 Å². The molecule has 0 amide bonds. The summed E-state index contributed by atoms with van der Waals surface area (Å²) >= 11 is 0. The van der Waals surface area contributed by atoms with Gasteiger partial charge in [-0.1, -0.05) is 12.1 Å². The molecule has 88 valence electrons. The van der Waals surface area contributed by atoms with Gasteiger partial charge in [0, 0.05) is 6.42 Å². The lowest BCUT2D eigenvalue weighted by Gasteiger charge is -2.15. The number of rotatable bonds is 5. The molecule has 0 aliphatic heterocycles. The fraction of sp³-hybridized carbons (Fsp3) is 0.462. The zero-order chi connectivity index (χ0) is 12.1. The molecular formula is C13H18O3. The third-order valence-electron chi connectivity index (χ3n) is 2.32. The molecule has 3 heteroatoms. The maximum Gasteiger partial charge on any atom is 0.303 e. The van der Waals surface area contributed by atoms with Gasteiger partial charge in [-0.2, -0.15) is 0 Å². The number of ether oxygens (including phenoxy) is 1. The first kappa shape index (κ1) is 12.6. The van der Waals surface area contributed by atoms with Crippen LogP contribution in [0.2, 0.25) is 0 Å². The molecule has 16 heavy (non-hydrogen) atoms. The molecule has 1 aromatic rings. The van der Waals surface area contributed by atoms with E-state index >= 15 is 0 Å². The number of benzene rings is 1. The zero-order valence-electron chi connectivity index (χ0n) is 9.99. The summed E-state index contributed by atoms with van der Waals surface area (Å²) in [6, 6.07) is 5.80. The minimum atomic E-state index is -0.779. The summed E-state index contributed by atoms with van der Waals surface area (Å²) in [5.41, 5.74) is 2.08. The molecule has 0 bridgehead atoms. The fourth-order valence-corrected chi connectivity index (χ4v) is 1.59. The summed E-state index contributed by atoms with van der Waals surface area (Å²) in [4.78, 5) is 10.6. The van der Waals surface area contributed by atoms with Gasteiger partial charge in [0.25, 0.3) is 0 Å². The Labute approximate surface area is 96.1 Å². The Morgan fingerprint density at radius 3 is 2.69 bits per heavy atom. The van der Waals surface area contributed by atoms with Crippen LogP contribution in [0.3, 0.4) is 0 Å². The third-order valence-corrected chi connectivity index (χ3v) is 2.32. The van der Waals surface area contributed by atoms with Crippen molar-refractivity contribution in [2.24, 2.45) is 0 Å². The highest BCUT2D eigenvalue weighted by molar-refractivity contribution is 5.67. The van der Waals surface area contributed by atoms with Crippen LogP contribution in [0.1, 0.15) is 31.4 Å². The standard InChI is InChI=1S/C13H18O3/c1-9(2)16-12-6-4-5-10(3)11(12)7-8-13(14)15/h4-6,9H,7-8H2,1-3H3,(H,14,15). The van der Waals surface area contributed by atoms with Crippen molar-refractivity contribution in [3.8, 4) is 5.75 Å².